The first-order valence-electron chi connectivity index (χ1n) is 8.51. The molecular formula is C18H15ClN6O4. The summed E-state index contributed by atoms with van der Waals surface area (Å²) in [6.07, 6.45) is 4.22. The van der Waals surface area contributed by atoms with E-state index < -0.39 is 29.9 Å². The highest BCUT2D eigenvalue weighted by molar-refractivity contribution is 6.31. The summed E-state index contributed by atoms with van der Waals surface area (Å²) < 4.78 is 6.72. The Hall–Kier alpha value is -3.66. The number of benzene rings is 1. The molecule has 2 aromatic heterocycles. The molecule has 2 N–H and O–H groups in total. The van der Waals surface area contributed by atoms with Crippen molar-refractivity contribution in [1.82, 2.24) is 25.0 Å². The monoisotopic (exact) mass is 414 g/mol. The molecule has 1 saturated heterocycles. The van der Waals surface area contributed by atoms with Gasteiger partial charge in [-0.2, -0.15) is 5.10 Å². The highest BCUT2D eigenvalue weighted by Gasteiger charge is 2.51. The normalized spacial score (nSPS) is 18.8. The van der Waals surface area contributed by atoms with Crippen LogP contribution in [0.2, 0.25) is 5.02 Å². The molecule has 0 unspecified atom stereocenters. The summed E-state index contributed by atoms with van der Waals surface area (Å²) in [5.74, 6) is -0.891. The Morgan fingerprint density at radius 2 is 2.17 bits per heavy atom. The Labute approximate surface area is 169 Å². The zero-order valence-corrected chi connectivity index (χ0v) is 15.9. The number of hydrogen-bond acceptors (Lipinski definition) is 6. The molecule has 10 nitrogen and oxygen atoms in total. The third-order valence-corrected chi connectivity index (χ3v) is 4.72. The van der Waals surface area contributed by atoms with Crippen LogP contribution in [-0.4, -0.2) is 44.1 Å². The molecule has 0 spiro atoms. The van der Waals surface area contributed by atoms with E-state index in [0.717, 1.165) is 4.90 Å². The zero-order chi connectivity index (χ0) is 20.6. The van der Waals surface area contributed by atoms with E-state index in [1.807, 2.05) is 0 Å². The summed E-state index contributed by atoms with van der Waals surface area (Å²) in [5, 5.41) is 9.65. The van der Waals surface area contributed by atoms with Crippen molar-refractivity contribution < 1.29 is 18.8 Å². The van der Waals surface area contributed by atoms with Crippen molar-refractivity contribution >= 4 is 35.1 Å². The Balaban J connectivity index is 1.53. The zero-order valence-electron chi connectivity index (χ0n) is 15.1. The van der Waals surface area contributed by atoms with Crippen LogP contribution in [0.15, 0.2) is 53.7 Å². The largest absolute Gasteiger partial charge is 0.466 e. The number of urea groups is 1. The molecule has 4 rings (SSSR count). The van der Waals surface area contributed by atoms with Gasteiger partial charge in [0, 0.05) is 5.02 Å². The molecule has 1 atom stereocenters. The number of aromatic nitrogens is 3. The lowest BCUT2D eigenvalue weighted by Crippen LogP contribution is -2.41. The maximum atomic E-state index is 12.8. The minimum absolute atomic E-state index is 0.280. The third-order valence-electron chi connectivity index (χ3n) is 4.49. The fourth-order valence-corrected chi connectivity index (χ4v) is 3.22. The Kier molecular flexibility index (Phi) is 4.55. The number of carbonyl (C=O) groups is 3. The lowest BCUT2D eigenvalue weighted by Gasteiger charge is -2.19. The van der Waals surface area contributed by atoms with E-state index >= 15 is 0 Å². The topological polar surface area (TPSA) is 122 Å². The second-order valence-corrected chi connectivity index (χ2v) is 6.91. The van der Waals surface area contributed by atoms with Gasteiger partial charge in [0.05, 0.1) is 17.6 Å². The standard InChI is InChI=1S/C18H15ClN6O4/c1-18(14-3-2-6-29-14)16(27)24(17(28)23-18)8-15(26)22-12-7-11(19)4-5-13(12)25-10-20-9-21-25/h2-7,9-10H,8H2,1H3,(H,22,26)(H,23,28)/t18-/m1/s1. The highest BCUT2D eigenvalue weighted by atomic mass is 35.5. The number of anilines is 1. The number of hydrogen-bond donors (Lipinski definition) is 2. The van der Waals surface area contributed by atoms with Crippen LogP contribution in [0, 0.1) is 0 Å². The highest BCUT2D eigenvalue weighted by Crippen LogP contribution is 2.29. The first-order chi connectivity index (χ1) is 13.9. The smallest absolute Gasteiger partial charge is 0.325 e. The fourth-order valence-electron chi connectivity index (χ4n) is 3.04. The number of carbonyl (C=O) groups excluding carboxylic acids is 3. The number of nitrogens with zero attached hydrogens (tertiary/aromatic N) is 4. The molecular weight excluding hydrogens is 400 g/mol. The Bertz CT molecular complexity index is 1080. The summed E-state index contributed by atoms with van der Waals surface area (Å²) in [5.41, 5.74) is -0.491. The summed E-state index contributed by atoms with van der Waals surface area (Å²) in [6, 6.07) is 7.34. The van der Waals surface area contributed by atoms with Crippen molar-refractivity contribution in [3.8, 4) is 5.69 Å². The lowest BCUT2D eigenvalue weighted by molar-refractivity contribution is -0.134. The van der Waals surface area contributed by atoms with Gasteiger partial charge in [-0.05, 0) is 37.3 Å². The molecule has 1 aliphatic rings. The molecule has 0 bridgehead atoms. The number of imide groups is 1. The van der Waals surface area contributed by atoms with E-state index in [4.69, 9.17) is 16.0 Å². The summed E-state index contributed by atoms with van der Waals surface area (Å²) >= 11 is 6.04. The number of halogens is 1. The SMILES string of the molecule is C[C@]1(c2ccco2)NC(=O)N(CC(=O)Nc2cc(Cl)ccc2-n2cncn2)C1=O. The molecule has 1 fully saturated rings. The van der Waals surface area contributed by atoms with Gasteiger partial charge in [-0.25, -0.2) is 14.5 Å². The summed E-state index contributed by atoms with van der Waals surface area (Å²) in [7, 11) is 0. The van der Waals surface area contributed by atoms with Crippen LogP contribution in [0.3, 0.4) is 0 Å². The van der Waals surface area contributed by atoms with Gasteiger partial charge in [0.15, 0.2) is 5.54 Å². The van der Waals surface area contributed by atoms with Gasteiger partial charge in [-0.3, -0.25) is 14.5 Å². The number of amides is 4. The van der Waals surface area contributed by atoms with Gasteiger partial charge in [0.25, 0.3) is 5.91 Å². The number of nitrogens with one attached hydrogen (secondary N) is 2. The Morgan fingerprint density at radius 3 is 2.86 bits per heavy atom. The van der Waals surface area contributed by atoms with Crippen LogP contribution in [0.5, 0.6) is 0 Å². The fraction of sp³-hybridized carbons (Fsp3) is 0.167. The van der Waals surface area contributed by atoms with Crippen LogP contribution >= 0.6 is 11.6 Å². The van der Waals surface area contributed by atoms with Crippen LogP contribution in [-0.2, 0) is 15.1 Å². The Morgan fingerprint density at radius 1 is 1.34 bits per heavy atom. The van der Waals surface area contributed by atoms with E-state index in [0.29, 0.717) is 16.4 Å². The summed E-state index contributed by atoms with van der Waals surface area (Å²) in [4.78, 5) is 42.4. The predicted molar refractivity (Wildman–Crippen MR) is 101 cm³/mol. The van der Waals surface area contributed by atoms with Gasteiger partial charge in [0.2, 0.25) is 5.91 Å². The van der Waals surface area contributed by atoms with Crippen molar-refractivity contribution in [1.29, 1.82) is 0 Å². The second-order valence-electron chi connectivity index (χ2n) is 6.47. The van der Waals surface area contributed by atoms with Crippen molar-refractivity contribution in [2.75, 3.05) is 11.9 Å². The van der Waals surface area contributed by atoms with E-state index in [1.54, 1.807) is 24.3 Å². The molecule has 3 heterocycles. The van der Waals surface area contributed by atoms with Gasteiger partial charge >= 0.3 is 6.03 Å². The first kappa shape index (κ1) is 18.7. The molecule has 4 amide bonds. The molecule has 148 valence electrons. The van der Waals surface area contributed by atoms with E-state index in [2.05, 4.69) is 20.7 Å². The molecule has 29 heavy (non-hydrogen) atoms. The molecule has 0 saturated carbocycles. The van der Waals surface area contributed by atoms with E-state index in [9.17, 15) is 14.4 Å². The maximum absolute atomic E-state index is 12.8. The van der Waals surface area contributed by atoms with Crippen molar-refractivity contribution in [2.24, 2.45) is 0 Å². The number of furan rings is 1. The molecule has 1 aromatic carbocycles. The maximum Gasteiger partial charge on any atom is 0.325 e. The minimum Gasteiger partial charge on any atom is -0.466 e. The predicted octanol–water partition coefficient (Wildman–Crippen LogP) is 1.92. The van der Waals surface area contributed by atoms with Crippen molar-refractivity contribution in [3.63, 3.8) is 0 Å². The molecule has 1 aliphatic heterocycles. The van der Waals surface area contributed by atoms with Gasteiger partial charge in [-0.15, -0.1) is 0 Å². The third kappa shape index (κ3) is 3.34. The first-order valence-corrected chi connectivity index (χ1v) is 8.89. The van der Waals surface area contributed by atoms with Gasteiger partial charge in [0.1, 0.15) is 25.0 Å². The van der Waals surface area contributed by atoms with Gasteiger partial charge in [-0.1, -0.05) is 11.6 Å². The van der Waals surface area contributed by atoms with Crippen LogP contribution in [0.1, 0.15) is 12.7 Å². The van der Waals surface area contributed by atoms with E-state index in [-0.39, 0.29) is 5.76 Å². The summed E-state index contributed by atoms with van der Waals surface area (Å²) in [6.45, 7) is 1.04. The second kappa shape index (κ2) is 7.06. The van der Waals surface area contributed by atoms with Crippen LogP contribution in [0.25, 0.3) is 5.69 Å². The van der Waals surface area contributed by atoms with Crippen LogP contribution < -0.4 is 10.6 Å². The molecule has 0 radical (unpaired) electrons. The van der Waals surface area contributed by atoms with Crippen LogP contribution in [0.4, 0.5) is 10.5 Å². The van der Waals surface area contributed by atoms with Crippen molar-refractivity contribution in [2.45, 2.75) is 12.5 Å². The van der Waals surface area contributed by atoms with Crippen molar-refractivity contribution in [3.05, 3.63) is 60.0 Å². The van der Waals surface area contributed by atoms with E-state index in [1.165, 1.54) is 36.6 Å². The lowest BCUT2D eigenvalue weighted by atomic mass is 9.99. The molecule has 0 aliphatic carbocycles. The average Bonchev–Trinajstić information content (AvgIpc) is 3.42. The quantitative estimate of drug-likeness (QED) is 0.615. The average molecular weight is 415 g/mol. The molecule has 11 heteroatoms. The molecule has 3 aromatic rings. The van der Waals surface area contributed by atoms with Gasteiger partial charge < -0.3 is 15.1 Å². The number of rotatable bonds is 5. The minimum atomic E-state index is -1.37.